The Kier molecular flexibility index (Phi) is 7.76. The van der Waals surface area contributed by atoms with Crippen LogP contribution in [-0.2, 0) is 16.0 Å². The zero-order chi connectivity index (χ0) is 22.5. The van der Waals surface area contributed by atoms with Crippen molar-refractivity contribution in [1.29, 1.82) is 0 Å². The Hall–Kier alpha value is -2.34. The van der Waals surface area contributed by atoms with E-state index in [0.29, 0.717) is 25.6 Å². The van der Waals surface area contributed by atoms with Gasteiger partial charge in [-0.25, -0.2) is 0 Å². The van der Waals surface area contributed by atoms with Gasteiger partial charge in [0.25, 0.3) is 0 Å². The molecule has 31 heavy (non-hydrogen) atoms. The third-order valence-corrected chi connectivity index (χ3v) is 6.62. The summed E-state index contributed by atoms with van der Waals surface area (Å²) in [4.78, 5) is 31.1. The van der Waals surface area contributed by atoms with Crippen LogP contribution in [0, 0.1) is 18.8 Å². The fraction of sp³-hybridized carbons (Fsp3) is 0.520. The molecular formula is C25H34N2O3S. The topological polar surface area (TPSA) is 49.9 Å². The van der Waals surface area contributed by atoms with E-state index in [-0.39, 0.29) is 30.3 Å². The number of hydrogen-bond acceptors (Lipinski definition) is 4. The number of carbonyl (C=O) groups is 2. The van der Waals surface area contributed by atoms with Gasteiger partial charge in [-0.1, -0.05) is 45.9 Å². The number of nitrogens with zero attached hydrogens (tertiary/aromatic N) is 2. The lowest BCUT2D eigenvalue weighted by atomic mass is 10.00. The minimum Gasteiger partial charge on any atom is -0.491 e. The summed E-state index contributed by atoms with van der Waals surface area (Å²) in [5.41, 5.74) is 2.25. The Balaban J connectivity index is 1.79. The minimum atomic E-state index is -0.142. The molecule has 1 aromatic heterocycles. The highest BCUT2D eigenvalue weighted by Crippen LogP contribution is 2.34. The largest absolute Gasteiger partial charge is 0.491 e. The summed E-state index contributed by atoms with van der Waals surface area (Å²) in [7, 11) is 0. The second-order valence-corrected chi connectivity index (χ2v) is 10.00. The molecule has 0 fully saturated rings. The first-order valence-corrected chi connectivity index (χ1v) is 12.0. The van der Waals surface area contributed by atoms with Gasteiger partial charge in [0.1, 0.15) is 12.4 Å². The third kappa shape index (κ3) is 5.67. The van der Waals surface area contributed by atoms with E-state index in [0.717, 1.165) is 17.7 Å². The van der Waals surface area contributed by atoms with Crippen molar-refractivity contribution in [1.82, 2.24) is 9.80 Å². The lowest BCUT2D eigenvalue weighted by Gasteiger charge is -2.37. The molecule has 0 N–H and O–H groups in total. The van der Waals surface area contributed by atoms with E-state index in [1.165, 1.54) is 10.4 Å². The van der Waals surface area contributed by atoms with Crippen molar-refractivity contribution in [3.8, 4) is 5.75 Å². The molecule has 168 valence electrons. The van der Waals surface area contributed by atoms with Crippen molar-refractivity contribution >= 4 is 23.2 Å². The van der Waals surface area contributed by atoms with E-state index in [2.05, 4.69) is 25.3 Å². The van der Waals surface area contributed by atoms with Crippen molar-refractivity contribution in [2.75, 3.05) is 26.2 Å². The van der Waals surface area contributed by atoms with Crippen LogP contribution in [0.15, 0.2) is 35.7 Å². The van der Waals surface area contributed by atoms with Crippen molar-refractivity contribution in [2.24, 2.45) is 11.8 Å². The number of para-hydroxylation sites is 1. The van der Waals surface area contributed by atoms with Crippen LogP contribution < -0.4 is 4.74 Å². The summed E-state index contributed by atoms with van der Waals surface area (Å²) in [5, 5.41) is 2.09. The second kappa shape index (κ2) is 10.3. The first kappa shape index (κ1) is 23.3. The van der Waals surface area contributed by atoms with Crippen LogP contribution in [0.1, 0.15) is 49.7 Å². The van der Waals surface area contributed by atoms with Gasteiger partial charge >= 0.3 is 0 Å². The van der Waals surface area contributed by atoms with Crippen molar-refractivity contribution in [3.05, 3.63) is 51.7 Å². The molecule has 3 rings (SSSR count). The molecule has 1 aliphatic heterocycles. The van der Waals surface area contributed by atoms with E-state index in [9.17, 15) is 9.59 Å². The predicted molar refractivity (Wildman–Crippen MR) is 125 cm³/mol. The lowest BCUT2D eigenvalue weighted by Crippen LogP contribution is -2.49. The molecule has 0 unspecified atom stereocenters. The average Bonchev–Trinajstić information content (AvgIpc) is 3.20. The Morgan fingerprint density at radius 3 is 2.61 bits per heavy atom. The van der Waals surface area contributed by atoms with Gasteiger partial charge in [0, 0.05) is 23.9 Å². The minimum absolute atomic E-state index is 0.00937. The molecule has 2 amide bonds. The van der Waals surface area contributed by atoms with Gasteiger partial charge in [-0.15, -0.1) is 11.3 Å². The monoisotopic (exact) mass is 442 g/mol. The van der Waals surface area contributed by atoms with Gasteiger partial charge in [0.15, 0.2) is 0 Å². The van der Waals surface area contributed by atoms with Crippen LogP contribution in [-0.4, -0.2) is 47.9 Å². The summed E-state index contributed by atoms with van der Waals surface area (Å²) in [6.45, 7) is 11.7. The first-order chi connectivity index (χ1) is 14.8. The van der Waals surface area contributed by atoms with E-state index in [1.807, 2.05) is 49.9 Å². The number of ether oxygens (including phenoxy) is 1. The Morgan fingerprint density at radius 2 is 1.94 bits per heavy atom. The number of fused-ring (bicyclic) bond motifs is 1. The molecule has 0 radical (unpaired) electrons. The maximum absolute atomic E-state index is 13.4. The van der Waals surface area contributed by atoms with E-state index in [4.69, 9.17) is 4.74 Å². The molecular weight excluding hydrogens is 408 g/mol. The quantitative estimate of drug-likeness (QED) is 0.595. The fourth-order valence-corrected chi connectivity index (χ4v) is 4.98. The van der Waals surface area contributed by atoms with Crippen LogP contribution in [0.4, 0.5) is 0 Å². The number of amides is 2. The smallest absolute Gasteiger partial charge is 0.242 e. The molecule has 1 aliphatic rings. The molecule has 0 saturated carbocycles. The summed E-state index contributed by atoms with van der Waals surface area (Å²) in [5.74, 6) is 1.04. The molecule has 6 heteroatoms. The van der Waals surface area contributed by atoms with Crippen LogP contribution in [0.5, 0.6) is 5.75 Å². The number of rotatable bonds is 8. The maximum Gasteiger partial charge on any atom is 0.242 e. The maximum atomic E-state index is 13.4. The summed E-state index contributed by atoms with van der Waals surface area (Å²) < 4.78 is 6.17. The zero-order valence-electron chi connectivity index (χ0n) is 19.3. The van der Waals surface area contributed by atoms with Gasteiger partial charge in [0.2, 0.25) is 11.8 Å². The highest BCUT2D eigenvalue weighted by Gasteiger charge is 2.34. The van der Waals surface area contributed by atoms with Crippen molar-refractivity contribution in [2.45, 2.75) is 47.1 Å². The van der Waals surface area contributed by atoms with Gasteiger partial charge in [-0.3, -0.25) is 9.59 Å². The SMILES string of the molecule is Cc1ccccc1OC[C@@H]1c2ccsc2CCN1C(=O)CN(CC(C)C)C(=O)C(C)C. The predicted octanol–water partition coefficient (Wildman–Crippen LogP) is 4.70. The van der Waals surface area contributed by atoms with Gasteiger partial charge in [-0.2, -0.15) is 0 Å². The fourth-order valence-electron chi connectivity index (χ4n) is 4.05. The molecule has 5 nitrogen and oxygen atoms in total. The molecule has 0 aliphatic carbocycles. The number of aryl methyl sites for hydroxylation is 1. The Bertz CT molecular complexity index is 906. The summed E-state index contributed by atoms with van der Waals surface area (Å²) >= 11 is 1.74. The average molecular weight is 443 g/mol. The molecule has 1 aromatic carbocycles. The van der Waals surface area contributed by atoms with Gasteiger partial charge < -0.3 is 14.5 Å². The summed E-state index contributed by atoms with van der Waals surface area (Å²) in [6.07, 6.45) is 0.849. The van der Waals surface area contributed by atoms with Crippen LogP contribution in [0.2, 0.25) is 0 Å². The van der Waals surface area contributed by atoms with Crippen molar-refractivity contribution in [3.63, 3.8) is 0 Å². The van der Waals surface area contributed by atoms with Crippen molar-refractivity contribution < 1.29 is 14.3 Å². The first-order valence-electron chi connectivity index (χ1n) is 11.1. The van der Waals surface area contributed by atoms with Gasteiger partial charge in [-0.05, 0) is 47.9 Å². The molecule has 0 bridgehead atoms. The molecule has 0 saturated heterocycles. The number of carbonyl (C=O) groups excluding carboxylic acids is 2. The van der Waals surface area contributed by atoms with E-state index < -0.39 is 0 Å². The highest BCUT2D eigenvalue weighted by atomic mass is 32.1. The van der Waals surface area contributed by atoms with Crippen LogP contribution >= 0.6 is 11.3 Å². The van der Waals surface area contributed by atoms with E-state index >= 15 is 0 Å². The highest BCUT2D eigenvalue weighted by molar-refractivity contribution is 7.10. The molecule has 1 atom stereocenters. The molecule has 2 heterocycles. The van der Waals surface area contributed by atoms with E-state index in [1.54, 1.807) is 16.2 Å². The number of benzene rings is 1. The normalized spacial score (nSPS) is 15.8. The van der Waals surface area contributed by atoms with Crippen LogP contribution in [0.25, 0.3) is 0 Å². The Labute approximate surface area is 190 Å². The molecule has 2 aromatic rings. The standard InChI is InChI=1S/C25H34N2O3S/c1-17(2)14-26(25(29)18(3)4)15-24(28)27-12-10-23-20(11-13-31-23)21(27)16-30-22-9-7-6-8-19(22)5/h6-9,11,13,17-18,21H,10,12,14-16H2,1-5H3/t21-/m1/s1. The zero-order valence-corrected chi connectivity index (χ0v) is 20.1. The van der Waals surface area contributed by atoms with Crippen LogP contribution in [0.3, 0.4) is 0 Å². The third-order valence-electron chi connectivity index (χ3n) is 5.62. The second-order valence-electron chi connectivity index (χ2n) is 9.00. The molecule has 0 spiro atoms. The lowest BCUT2D eigenvalue weighted by molar-refractivity contribution is -0.144. The van der Waals surface area contributed by atoms with Gasteiger partial charge in [0.05, 0.1) is 12.6 Å². The number of hydrogen-bond donors (Lipinski definition) is 0. The summed E-state index contributed by atoms with van der Waals surface area (Å²) in [6, 6.07) is 9.91. The Morgan fingerprint density at radius 1 is 1.19 bits per heavy atom. The number of thiophene rings is 1.